The van der Waals surface area contributed by atoms with E-state index in [2.05, 4.69) is 31.8 Å². The lowest BCUT2D eigenvalue weighted by Crippen LogP contribution is -2.43. The van der Waals surface area contributed by atoms with E-state index in [1.807, 2.05) is 12.1 Å². The summed E-state index contributed by atoms with van der Waals surface area (Å²) in [6.07, 6.45) is 1.47. The first-order valence-electron chi connectivity index (χ1n) is 9.89. The highest BCUT2D eigenvalue weighted by atomic mass is 79.9. The number of carbonyl (C=O) groups is 2. The van der Waals surface area contributed by atoms with Crippen LogP contribution in [0.5, 0.6) is 5.75 Å². The fourth-order valence-corrected chi connectivity index (χ4v) is 3.69. The summed E-state index contributed by atoms with van der Waals surface area (Å²) < 4.78 is 6.51. The number of rotatable bonds is 8. The topological polar surface area (TPSA) is 79.8 Å². The molecule has 2 N–H and O–H groups in total. The molecule has 0 bridgehead atoms. The first-order valence-corrected chi connectivity index (χ1v) is 11.4. The number of hydrazone groups is 1. The van der Waals surface area contributed by atoms with Crippen molar-refractivity contribution in [3.63, 3.8) is 0 Å². The highest BCUT2D eigenvalue weighted by molar-refractivity contribution is 9.10. The number of amides is 2. The number of benzene rings is 3. The van der Waals surface area contributed by atoms with Gasteiger partial charge in [0.05, 0.1) is 11.8 Å². The van der Waals surface area contributed by atoms with Crippen molar-refractivity contribution in [1.29, 1.82) is 0 Å². The number of halogens is 3. The molecule has 0 aromatic heterocycles. The Bertz CT molecular complexity index is 1190. The Kier molecular flexibility index (Phi) is 8.88. The van der Waals surface area contributed by atoms with E-state index < -0.39 is 11.9 Å². The molecule has 1 atom stereocenters. The summed E-state index contributed by atoms with van der Waals surface area (Å²) in [6, 6.07) is 18.6. The van der Waals surface area contributed by atoms with Crippen molar-refractivity contribution in [3.8, 4) is 5.75 Å². The molecule has 2 amide bonds. The highest BCUT2D eigenvalue weighted by Gasteiger charge is 2.17. The molecule has 170 valence electrons. The van der Waals surface area contributed by atoms with Crippen molar-refractivity contribution in [1.82, 2.24) is 10.7 Å². The normalized spacial score (nSPS) is 11.8. The second-order valence-electron chi connectivity index (χ2n) is 6.97. The van der Waals surface area contributed by atoms with Crippen molar-refractivity contribution >= 4 is 57.2 Å². The summed E-state index contributed by atoms with van der Waals surface area (Å²) in [5.41, 5.74) is 4.32. The maximum atomic E-state index is 12.4. The van der Waals surface area contributed by atoms with Gasteiger partial charge in [-0.15, -0.1) is 0 Å². The van der Waals surface area contributed by atoms with E-state index in [4.69, 9.17) is 27.9 Å². The molecule has 33 heavy (non-hydrogen) atoms. The maximum Gasteiger partial charge on any atom is 0.262 e. The van der Waals surface area contributed by atoms with Gasteiger partial charge in [0.1, 0.15) is 18.4 Å². The van der Waals surface area contributed by atoms with Crippen LogP contribution in [0.15, 0.2) is 76.3 Å². The lowest BCUT2D eigenvalue weighted by Gasteiger charge is -2.13. The van der Waals surface area contributed by atoms with Crippen LogP contribution in [0.2, 0.25) is 10.0 Å². The number of hydrogen-bond acceptors (Lipinski definition) is 4. The van der Waals surface area contributed by atoms with Gasteiger partial charge >= 0.3 is 0 Å². The fourth-order valence-electron chi connectivity index (χ4n) is 2.76. The minimum absolute atomic E-state index is 0.241. The zero-order valence-electron chi connectivity index (χ0n) is 17.5. The Morgan fingerprint density at radius 2 is 1.82 bits per heavy atom. The number of nitrogens with zero attached hydrogens (tertiary/aromatic N) is 1. The van der Waals surface area contributed by atoms with Crippen molar-refractivity contribution in [2.24, 2.45) is 5.10 Å². The van der Waals surface area contributed by atoms with E-state index in [1.165, 1.54) is 6.21 Å². The van der Waals surface area contributed by atoms with Gasteiger partial charge in [0.25, 0.3) is 11.8 Å². The first kappa shape index (κ1) is 24.8. The van der Waals surface area contributed by atoms with Gasteiger partial charge in [-0.3, -0.25) is 9.59 Å². The minimum Gasteiger partial charge on any atom is -0.488 e. The summed E-state index contributed by atoms with van der Waals surface area (Å²) >= 11 is 15.4. The van der Waals surface area contributed by atoms with Gasteiger partial charge in [-0.1, -0.05) is 53.5 Å². The Balaban J connectivity index is 1.58. The van der Waals surface area contributed by atoms with Crippen LogP contribution >= 0.6 is 39.1 Å². The molecule has 3 aromatic rings. The van der Waals surface area contributed by atoms with E-state index in [0.29, 0.717) is 31.4 Å². The molecule has 0 saturated carbocycles. The quantitative estimate of drug-likeness (QED) is 0.284. The van der Waals surface area contributed by atoms with E-state index in [1.54, 1.807) is 61.5 Å². The molecular formula is C24H20BrCl2N3O3. The Morgan fingerprint density at radius 3 is 2.58 bits per heavy atom. The second kappa shape index (κ2) is 11.8. The molecule has 0 fully saturated rings. The van der Waals surface area contributed by atoms with Crippen LogP contribution in [0.3, 0.4) is 0 Å². The SMILES string of the molecule is CC(NC(=O)c1ccccc1Br)C(=O)NN=Cc1ccccc1OCc1ccc(Cl)cc1Cl. The Labute approximate surface area is 210 Å². The van der Waals surface area contributed by atoms with Crippen LogP contribution in [-0.2, 0) is 11.4 Å². The average Bonchev–Trinajstić information content (AvgIpc) is 2.79. The maximum absolute atomic E-state index is 12.4. The third kappa shape index (κ3) is 7.05. The molecule has 3 rings (SSSR count). The molecule has 9 heteroatoms. The number of para-hydroxylation sites is 1. The van der Waals surface area contributed by atoms with Gasteiger partial charge in [0, 0.05) is 25.6 Å². The molecule has 0 heterocycles. The number of ether oxygens (including phenoxy) is 1. The molecule has 6 nitrogen and oxygen atoms in total. The van der Waals surface area contributed by atoms with Crippen LogP contribution in [0.1, 0.15) is 28.4 Å². The van der Waals surface area contributed by atoms with Crippen LogP contribution in [0, 0.1) is 0 Å². The summed E-state index contributed by atoms with van der Waals surface area (Å²) in [4.78, 5) is 24.7. The average molecular weight is 549 g/mol. The van der Waals surface area contributed by atoms with E-state index in [-0.39, 0.29) is 12.5 Å². The molecule has 0 radical (unpaired) electrons. The first-order chi connectivity index (χ1) is 15.8. The third-order valence-corrected chi connectivity index (χ3v) is 5.83. The van der Waals surface area contributed by atoms with E-state index in [9.17, 15) is 9.59 Å². The molecule has 0 saturated heterocycles. The van der Waals surface area contributed by atoms with Crippen LogP contribution in [0.25, 0.3) is 0 Å². The molecular weight excluding hydrogens is 529 g/mol. The molecule has 0 aliphatic carbocycles. The summed E-state index contributed by atoms with van der Waals surface area (Å²) in [5.74, 6) is -0.261. The predicted molar refractivity (Wildman–Crippen MR) is 134 cm³/mol. The van der Waals surface area contributed by atoms with Gasteiger partial charge in [-0.25, -0.2) is 5.43 Å². The summed E-state index contributed by atoms with van der Waals surface area (Å²) in [5, 5.41) is 7.70. The van der Waals surface area contributed by atoms with Gasteiger partial charge < -0.3 is 10.1 Å². The predicted octanol–water partition coefficient (Wildman–Crippen LogP) is 5.60. The largest absolute Gasteiger partial charge is 0.488 e. The van der Waals surface area contributed by atoms with E-state index >= 15 is 0 Å². The fraction of sp³-hybridized carbons (Fsp3) is 0.125. The van der Waals surface area contributed by atoms with E-state index in [0.717, 1.165) is 5.56 Å². The van der Waals surface area contributed by atoms with Gasteiger partial charge in [-0.05, 0) is 59.3 Å². The summed E-state index contributed by atoms with van der Waals surface area (Å²) in [6.45, 7) is 1.82. The monoisotopic (exact) mass is 547 g/mol. The number of hydrogen-bond donors (Lipinski definition) is 2. The number of carbonyl (C=O) groups excluding carboxylic acids is 2. The van der Waals surface area contributed by atoms with Crippen LogP contribution in [0.4, 0.5) is 0 Å². The zero-order valence-corrected chi connectivity index (χ0v) is 20.6. The third-order valence-electron chi connectivity index (χ3n) is 4.56. The minimum atomic E-state index is -0.791. The lowest BCUT2D eigenvalue weighted by molar-refractivity contribution is -0.122. The highest BCUT2D eigenvalue weighted by Crippen LogP contribution is 2.24. The molecule has 3 aromatic carbocycles. The molecule has 0 aliphatic rings. The standard InChI is InChI=1S/C24H20BrCl2N3O3/c1-15(29-24(32)19-7-3-4-8-20(19)25)23(31)30-28-13-16-6-2-5-9-22(16)33-14-17-10-11-18(26)12-21(17)27/h2-13,15H,14H2,1H3,(H,29,32)(H,30,31). The second-order valence-corrected chi connectivity index (χ2v) is 8.67. The molecule has 1 unspecified atom stereocenters. The Morgan fingerprint density at radius 1 is 1.09 bits per heavy atom. The Hall–Kier alpha value is -2.87. The van der Waals surface area contributed by atoms with Gasteiger partial charge in [0.2, 0.25) is 0 Å². The van der Waals surface area contributed by atoms with Crippen LogP contribution < -0.4 is 15.5 Å². The van der Waals surface area contributed by atoms with Crippen molar-refractivity contribution < 1.29 is 14.3 Å². The van der Waals surface area contributed by atoms with Gasteiger partial charge in [0.15, 0.2) is 0 Å². The zero-order chi connectivity index (χ0) is 23.8. The number of nitrogens with one attached hydrogen (secondary N) is 2. The van der Waals surface area contributed by atoms with Crippen LogP contribution in [-0.4, -0.2) is 24.1 Å². The van der Waals surface area contributed by atoms with Crippen molar-refractivity contribution in [3.05, 3.63) is 97.9 Å². The lowest BCUT2D eigenvalue weighted by atomic mass is 10.2. The molecule has 0 aliphatic heterocycles. The summed E-state index contributed by atoms with van der Waals surface area (Å²) in [7, 11) is 0. The molecule has 0 spiro atoms. The van der Waals surface area contributed by atoms with Crippen molar-refractivity contribution in [2.45, 2.75) is 19.6 Å². The van der Waals surface area contributed by atoms with Crippen molar-refractivity contribution in [2.75, 3.05) is 0 Å². The smallest absolute Gasteiger partial charge is 0.262 e. The van der Waals surface area contributed by atoms with Gasteiger partial charge in [-0.2, -0.15) is 5.10 Å².